The lowest BCUT2D eigenvalue weighted by atomic mass is 9.92. The van der Waals surface area contributed by atoms with Crippen molar-refractivity contribution in [3.63, 3.8) is 0 Å². The van der Waals surface area contributed by atoms with E-state index in [1.165, 1.54) is 22.4 Å². The molecule has 1 nitrogen and oxygen atoms in total. The molecule has 0 fully saturated rings. The van der Waals surface area contributed by atoms with Crippen molar-refractivity contribution in [2.75, 3.05) is 11.4 Å². The average molecular weight is 323 g/mol. The van der Waals surface area contributed by atoms with Crippen molar-refractivity contribution in [3.8, 4) is 11.8 Å². The smallest absolute Gasteiger partial charge is 0.117 e. The van der Waals surface area contributed by atoms with Gasteiger partial charge in [-0.05, 0) is 48.7 Å². The Labute approximate surface area is 149 Å². The summed E-state index contributed by atoms with van der Waals surface area (Å²) in [6.07, 6.45) is 1.06. The summed E-state index contributed by atoms with van der Waals surface area (Å²) < 4.78 is 0. The van der Waals surface area contributed by atoms with Crippen LogP contribution < -0.4 is 4.90 Å². The zero-order valence-corrected chi connectivity index (χ0v) is 14.4. The summed E-state index contributed by atoms with van der Waals surface area (Å²) in [5.41, 5.74) is 6.32. The van der Waals surface area contributed by atoms with Gasteiger partial charge in [0, 0.05) is 17.8 Å². The molecule has 3 aromatic rings. The fraction of sp³-hybridized carbons (Fsp3) is 0.167. The van der Waals surface area contributed by atoms with E-state index in [2.05, 4.69) is 103 Å². The molecule has 0 aliphatic carbocycles. The molecule has 1 heterocycles. The molecule has 0 N–H and O–H groups in total. The summed E-state index contributed by atoms with van der Waals surface area (Å²) in [7, 11) is 0. The Hall–Kier alpha value is -2.98. The molecule has 4 rings (SSSR count). The molecule has 122 valence electrons. The number of benzene rings is 3. The summed E-state index contributed by atoms with van der Waals surface area (Å²) in [5.74, 6) is 6.93. The van der Waals surface area contributed by atoms with Gasteiger partial charge in [0.15, 0.2) is 0 Å². The third-order valence-corrected chi connectivity index (χ3v) is 4.78. The number of rotatable bonds is 1. The Morgan fingerprint density at radius 1 is 0.840 bits per heavy atom. The van der Waals surface area contributed by atoms with Crippen LogP contribution in [0.25, 0.3) is 0 Å². The first kappa shape index (κ1) is 15.5. The zero-order chi connectivity index (χ0) is 17.1. The Balaban J connectivity index is 1.75. The fourth-order valence-electron chi connectivity index (χ4n) is 3.41. The number of aryl methyl sites for hydroxylation is 1. The van der Waals surface area contributed by atoms with Crippen molar-refractivity contribution in [1.82, 2.24) is 0 Å². The van der Waals surface area contributed by atoms with Gasteiger partial charge >= 0.3 is 0 Å². The largest absolute Gasteiger partial charge is 0.353 e. The standard InChI is InChI=1S/C24H21N/c1-19-11-13-20(14-12-19)15-16-24-23-10-6-5-7-21(23)17-18-25(24)22-8-3-2-4-9-22/h2-14,24H,17-18H2,1H3. The van der Waals surface area contributed by atoms with Gasteiger partial charge in [0.2, 0.25) is 0 Å². The molecule has 1 atom stereocenters. The summed E-state index contributed by atoms with van der Waals surface area (Å²) >= 11 is 0. The second-order valence-corrected chi connectivity index (χ2v) is 6.52. The van der Waals surface area contributed by atoms with Crippen LogP contribution in [0.4, 0.5) is 5.69 Å². The maximum atomic E-state index is 3.54. The minimum atomic E-state index is 0.0913. The van der Waals surface area contributed by atoms with Gasteiger partial charge in [0.05, 0.1) is 0 Å². The highest BCUT2D eigenvalue weighted by Gasteiger charge is 2.25. The monoisotopic (exact) mass is 323 g/mol. The Morgan fingerprint density at radius 2 is 1.56 bits per heavy atom. The number of anilines is 1. The minimum absolute atomic E-state index is 0.0913. The summed E-state index contributed by atoms with van der Waals surface area (Å²) in [4.78, 5) is 2.42. The molecule has 25 heavy (non-hydrogen) atoms. The predicted octanol–water partition coefficient (Wildman–Crippen LogP) is 5.15. The van der Waals surface area contributed by atoms with Crippen LogP contribution in [-0.4, -0.2) is 6.54 Å². The van der Waals surface area contributed by atoms with Gasteiger partial charge in [-0.2, -0.15) is 0 Å². The van der Waals surface area contributed by atoms with Gasteiger partial charge < -0.3 is 4.90 Å². The molecule has 3 aromatic carbocycles. The number of para-hydroxylation sites is 1. The van der Waals surface area contributed by atoms with E-state index in [0.717, 1.165) is 18.5 Å². The highest BCUT2D eigenvalue weighted by atomic mass is 15.2. The molecule has 1 unspecified atom stereocenters. The Bertz CT molecular complexity index is 914. The Morgan fingerprint density at radius 3 is 2.36 bits per heavy atom. The lowest BCUT2D eigenvalue weighted by Gasteiger charge is -2.36. The number of hydrogen-bond donors (Lipinski definition) is 0. The predicted molar refractivity (Wildman–Crippen MR) is 105 cm³/mol. The normalized spacial score (nSPS) is 15.9. The van der Waals surface area contributed by atoms with Crippen LogP contribution in [0.15, 0.2) is 78.9 Å². The van der Waals surface area contributed by atoms with Crippen LogP contribution in [-0.2, 0) is 6.42 Å². The lowest BCUT2D eigenvalue weighted by Crippen LogP contribution is -2.34. The minimum Gasteiger partial charge on any atom is -0.353 e. The van der Waals surface area contributed by atoms with E-state index >= 15 is 0 Å². The first-order chi connectivity index (χ1) is 12.3. The van der Waals surface area contributed by atoms with E-state index in [-0.39, 0.29) is 6.04 Å². The second-order valence-electron chi connectivity index (χ2n) is 6.52. The number of fused-ring (bicyclic) bond motifs is 1. The maximum absolute atomic E-state index is 3.54. The van der Waals surface area contributed by atoms with Crippen LogP contribution in [0.3, 0.4) is 0 Å². The molecule has 0 saturated carbocycles. The van der Waals surface area contributed by atoms with Crippen molar-refractivity contribution in [2.24, 2.45) is 0 Å². The van der Waals surface area contributed by atoms with E-state index < -0.39 is 0 Å². The molecular weight excluding hydrogens is 302 g/mol. The summed E-state index contributed by atoms with van der Waals surface area (Å²) in [6.45, 7) is 3.10. The van der Waals surface area contributed by atoms with Gasteiger partial charge in [-0.3, -0.25) is 0 Å². The first-order valence-electron chi connectivity index (χ1n) is 8.79. The summed E-state index contributed by atoms with van der Waals surface area (Å²) in [6, 6.07) is 27.8. The van der Waals surface area contributed by atoms with Crippen molar-refractivity contribution in [3.05, 3.63) is 101 Å². The van der Waals surface area contributed by atoms with Crippen LogP contribution in [0.2, 0.25) is 0 Å². The number of hydrogen-bond acceptors (Lipinski definition) is 1. The second kappa shape index (κ2) is 6.87. The van der Waals surface area contributed by atoms with Gasteiger partial charge in [0.25, 0.3) is 0 Å². The molecule has 0 spiro atoms. The van der Waals surface area contributed by atoms with Crippen molar-refractivity contribution in [1.29, 1.82) is 0 Å². The highest BCUT2D eigenvalue weighted by molar-refractivity contribution is 5.55. The van der Waals surface area contributed by atoms with E-state index in [4.69, 9.17) is 0 Å². The van der Waals surface area contributed by atoms with E-state index in [1.807, 2.05) is 0 Å². The van der Waals surface area contributed by atoms with Crippen LogP contribution in [0.5, 0.6) is 0 Å². The molecule has 0 saturated heterocycles. The highest BCUT2D eigenvalue weighted by Crippen LogP contribution is 2.33. The maximum Gasteiger partial charge on any atom is 0.117 e. The molecule has 1 heteroatoms. The van der Waals surface area contributed by atoms with E-state index in [9.17, 15) is 0 Å². The fourth-order valence-corrected chi connectivity index (χ4v) is 3.41. The summed E-state index contributed by atoms with van der Waals surface area (Å²) in [5, 5.41) is 0. The van der Waals surface area contributed by atoms with Gasteiger partial charge in [-0.25, -0.2) is 0 Å². The molecule has 1 aliphatic rings. The third-order valence-electron chi connectivity index (χ3n) is 4.78. The van der Waals surface area contributed by atoms with E-state index in [0.29, 0.717) is 0 Å². The van der Waals surface area contributed by atoms with Crippen molar-refractivity contribution >= 4 is 5.69 Å². The van der Waals surface area contributed by atoms with Gasteiger partial charge in [-0.1, -0.05) is 72.0 Å². The SMILES string of the molecule is Cc1ccc(C#CC2c3ccccc3CCN2c2ccccc2)cc1. The van der Waals surface area contributed by atoms with Gasteiger partial charge in [0.1, 0.15) is 6.04 Å². The molecule has 1 aliphatic heterocycles. The van der Waals surface area contributed by atoms with Crippen LogP contribution in [0, 0.1) is 18.8 Å². The third kappa shape index (κ3) is 3.30. The molecule has 0 aromatic heterocycles. The molecule has 0 bridgehead atoms. The lowest BCUT2D eigenvalue weighted by molar-refractivity contribution is 0.682. The molecule has 0 amide bonds. The van der Waals surface area contributed by atoms with Crippen LogP contribution in [0.1, 0.15) is 28.3 Å². The molecule has 0 radical (unpaired) electrons. The van der Waals surface area contributed by atoms with Crippen LogP contribution >= 0.6 is 0 Å². The topological polar surface area (TPSA) is 3.24 Å². The first-order valence-corrected chi connectivity index (χ1v) is 8.79. The Kier molecular flexibility index (Phi) is 4.27. The average Bonchev–Trinajstić information content (AvgIpc) is 2.68. The van der Waals surface area contributed by atoms with Crippen molar-refractivity contribution in [2.45, 2.75) is 19.4 Å². The van der Waals surface area contributed by atoms with E-state index in [1.54, 1.807) is 0 Å². The zero-order valence-electron chi connectivity index (χ0n) is 14.4. The van der Waals surface area contributed by atoms with Crippen molar-refractivity contribution < 1.29 is 0 Å². The molecular formula is C24H21N. The quantitative estimate of drug-likeness (QED) is 0.560. The van der Waals surface area contributed by atoms with Gasteiger partial charge in [-0.15, -0.1) is 0 Å². The number of nitrogens with zero attached hydrogens (tertiary/aromatic N) is 1.